The van der Waals surface area contributed by atoms with Crippen LogP contribution in [-0.2, 0) is 11.2 Å². The molecule has 3 rings (SSSR count). The second kappa shape index (κ2) is 7.91. The Morgan fingerprint density at radius 2 is 1.88 bits per heavy atom. The molecule has 136 valence electrons. The van der Waals surface area contributed by atoms with E-state index in [-0.39, 0.29) is 17.9 Å². The molecule has 3 amide bonds. The van der Waals surface area contributed by atoms with Crippen LogP contribution in [0, 0.1) is 5.92 Å². The molecule has 0 bridgehead atoms. The molecule has 0 radical (unpaired) electrons. The highest BCUT2D eigenvalue weighted by Gasteiger charge is 2.32. The Balaban J connectivity index is 1.71. The van der Waals surface area contributed by atoms with Crippen LogP contribution in [0.3, 0.4) is 0 Å². The van der Waals surface area contributed by atoms with E-state index in [0.717, 1.165) is 16.6 Å². The van der Waals surface area contributed by atoms with Gasteiger partial charge in [0.05, 0.1) is 0 Å². The number of hydrogen-bond acceptors (Lipinski definition) is 2. The van der Waals surface area contributed by atoms with Gasteiger partial charge in [-0.15, -0.1) is 0 Å². The van der Waals surface area contributed by atoms with Gasteiger partial charge in [0.1, 0.15) is 6.04 Å². The van der Waals surface area contributed by atoms with Gasteiger partial charge in [0.2, 0.25) is 5.91 Å². The topological polar surface area (TPSA) is 61.4 Å². The maximum atomic E-state index is 13.1. The molecule has 2 aromatic carbocycles. The van der Waals surface area contributed by atoms with E-state index >= 15 is 0 Å². The number of nitrogens with zero attached hydrogens (tertiary/aromatic N) is 1. The van der Waals surface area contributed by atoms with Gasteiger partial charge in [-0.3, -0.25) is 4.79 Å². The molecule has 6 heteroatoms. The number of amides is 3. The Bertz CT molecular complexity index is 822. The van der Waals surface area contributed by atoms with Gasteiger partial charge < -0.3 is 15.5 Å². The van der Waals surface area contributed by atoms with Crippen molar-refractivity contribution >= 4 is 39.2 Å². The van der Waals surface area contributed by atoms with E-state index in [2.05, 4.69) is 26.6 Å². The number of hydrogen-bond donors (Lipinski definition) is 2. The smallest absolute Gasteiger partial charge is 0.319 e. The summed E-state index contributed by atoms with van der Waals surface area (Å²) in [7, 11) is 0. The SMILES string of the molecule is CC(C)[C@@H](NC(=O)Nc1cccc(Br)c1)C(=O)N1CCc2ccccc21. The molecule has 2 aromatic rings. The zero-order chi connectivity index (χ0) is 18.7. The highest BCUT2D eigenvalue weighted by Crippen LogP contribution is 2.28. The van der Waals surface area contributed by atoms with Crippen LogP contribution >= 0.6 is 15.9 Å². The lowest BCUT2D eigenvalue weighted by Crippen LogP contribution is -2.52. The molecule has 2 N–H and O–H groups in total. The largest absolute Gasteiger partial charge is 0.326 e. The standard InChI is InChI=1S/C20H22BrN3O2/c1-13(2)18(23-20(26)22-16-8-5-7-15(21)12-16)19(25)24-11-10-14-6-3-4-9-17(14)24/h3-9,12-13,18H,10-11H2,1-2H3,(H2,22,23,26)/t18-/m1/s1. The number of halogens is 1. The second-order valence-electron chi connectivity index (χ2n) is 6.70. The Kier molecular flexibility index (Phi) is 5.61. The molecule has 26 heavy (non-hydrogen) atoms. The minimum atomic E-state index is -0.590. The van der Waals surface area contributed by atoms with Gasteiger partial charge >= 0.3 is 6.03 Å². The van der Waals surface area contributed by atoms with Crippen LogP contribution < -0.4 is 15.5 Å². The van der Waals surface area contributed by atoms with Crippen LogP contribution in [0.15, 0.2) is 53.0 Å². The quantitative estimate of drug-likeness (QED) is 0.786. The summed E-state index contributed by atoms with van der Waals surface area (Å²) >= 11 is 3.38. The lowest BCUT2D eigenvalue weighted by atomic mass is 10.0. The number of urea groups is 1. The molecule has 1 heterocycles. The minimum Gasteiger partial charge on any atom is -0.326 e. The van der Waals surface area contributed by atoms with Crippen molar-refractivity contribution in [2.75, 3.05) is 16.8 Å². The Hall–Kier alpha value is -2.34. The van der Waals surface area contributed by atoms with E-state index < -0.39 is 6.04 Å². The van der Waals surface area contributed by atoms with Crippen molar-refractivity contribution in [2.45, 2.75) is 26.3 Å². The number of rotatable bonds is 4. The number of fused-ring (bicyclic) bond motifs is 1. The van der Waals surface area contributed by atoms with Crippen molar-refractivity contribution < 1.29 is 9.59 Å². The van der Waals surface area contributed by atoms with Crippen LogP contribution in [0.5, 0.6) is 0 Å². The molecule has 1 atom stereocenters. The van der Waals surface area contributed by atoms with Crippen LogP contribution in [-0.4, -0.2) is 24.5 Å². The third-order valence-corrected chi connectivity index (χ3v) is 4.95. The fourth-order valence-corrected chi connectivity index (χ4v) is 3.52. The van der Waals surface area contributed by atoms with Gasteiger partial charge in [-0.1, -0.05) is 54.0 Å². The molecule has 0 aliphatic carbocycles. The van der Waals surface area contributed by atoms with E-state index in [0.29, 0.717) is 12.2 Å². The van der Waals surface area contributed by atoms with Gasteiger partial charge in [0.25, 0.3) is 0 Å². The van der Waals surface area contributed by atoms with E-state index in [9.17, 15) is 9.59 Å². The van der Waals surface area contributed by atoms with Crippen molar-refractivity contribution in [1.82, 2.24) is 5.32 Å². The molecule has 5 nitrogen and oxygen atoms in total. The molecule has 1 aliphatic rings. The third kappa shape index (κ3) is 4.07. The van der Waals surface area contributed by atoms with Gasteiger partial charge in [-0.05, 0) is 42.2 Å². The van der Waals surface area contributed by atoms with Gasteiger partial charge in [-0.2, -0.15) is 0 Å². The fraction of sp³-hybridized carbons (Fsp3) is 0.300. The first-order chi connectivity index (χ1) is 12.5. The predicted octanol–water partition coefficient (Wildman–Crippen LogP) is 4.18. The first-order valence-corrected chi connectivity index (χ1v) is 9.47. The van der Waals surface area contributed by atoms with Crippen LogP contribution in [0.2, 0.25) is 0 Å². The Labute approximate surface area is 161 Å². The normalized spacial score (nSPS) is 14.1. The predicted molar refractivity (Wildman–Crippen MR) is 107 cm³/mol. The van der Waals surface area contributed by atoms with E-state index in [1.165, 1.54) is 5.56 Å². The molecular weight excluding hydrogens is 394 g/mol. The average Bonchev–Trinajstić information content (AvgIpc) is 3.03. The van der Waals surface area contributed by atoms with Crippen molar-refractivity contribution in [1.29, 1.82) is 0 Å². The Morgan fingerprint density at radius 3 is 2.62 bits per heavy atom. The summed E-state index contributed by atoms with van der Waals surface area (Å²) in [5, 5.41) is 5.62. The van der Waals surface area contributed by atoms with Gasteiger partial charge in [-0.25, -0.2) is 4.79 Å². The maximum Gasteiger partial charge on any atom is 0.319 e. The van der Waals surface area contributed by atoms with E-state index in [1.807, 2.05) is 56.3 Å². The lowest BCUT2D eigenvalue weighted by molar-refractivity contribution is -0.121. The highest BCUT2D eigenvalue weighted by atomic mass is 79.9. The molecular formula is C20H22BrN3O2. The first kappa shape index (κ1) is 18.5. The van der Waals surface area contributed by atoms with Crippen molar-refractivity contribution in [3.8, 4) is 0 Å². The van der Waals surface area contributed by atoms with Gasteiger partial charge in [0, 0.05) is 22.4 Å². The second-order valence-corrected chi connectivity index (χ2v) is 7.61. The summed E-state index contributed by atoms with van der Waals surface area (Å²) in [6.45, 7) is 4.52. The summed E-state index contributed by atoms with van der Waals surface area (Å²) in [4.78, 5) is 27.2. The summed E-state index contributed by atoms with van der Waals surface area (Å²) in [6.07, 6.45) is 0.844. The molecule has 0 unspecified atom stereocenters. The number of benzene rings is 2. The molecule has 0 aromatic heterocycles. The van der Waals surface area contributed by atoms with Crippen molar-refractivity contribution in [3.05, 3.63) is 58.6 Å². The van der Waals surface area contributed by atoms with E-state index in [4.69, 9.17) is 0 Å². The number of carbonyl (C=O) groups is 2. The van der Waals surface area contributed by atoms with E-state index in [1.54, 1.807) is 11.0 Å². The molecule has 1 aliphatic heterocycles. The lowest BCUT2D eigenvalue weighted by Gasteiger charge is -2.27. The monoisotopic (exact) mass is 415 g/mol. The molecule has 0 fully saturated rings. The van der Waals surface area contributed by atoms with Crippen LogP contribution in [0.25, 0.3) is 0 Å². The fourth-order valence-electron chi connectivity index (χ4n) is 3.12. The van der Waals surface area contributed by atoms with Gasteiger partial charge in [0.15, 0.2) is 0 Å². The first-order valence-electron chi connectivity index (χ1n) is 8.68. The minimum absolute atomic E-state index is 0.0245. The summed E-state index contributed by atoms with van der Waals surface area (Å²) in [5.41, 5.74) is 2.78. The number of anilines is 2. The summed E-state index contributed by atoms with van der Waals surface area (Å²) in [5.74, 6) is -0.0992. The van der Waals surface area contributed by atoms with Crippen molar-refractivity contribution in [2.24, 2.45) is 5.92 Å². The Morgan fingerprint density at radius 1 is 1.12 bits per heavy atom. The number of nitrogens with one attached hydrogen (secondary N) is 2. The maximum absolute atomic E-state index is 13.1. The van der Waals surface area contributed by atoms with Crippen molar-refractivity contribution in [3.63, 3.8) is 0 Å². The molecule has 0 saturated heterocycles. The zero-order valence-corrected chi connectivity index (χ0v) is 16.4. The summed E-state index contributed by atoms with van der Waals surface area (Å²) in [6, 6.07) is 14.3. The average molecular weight is 416 g/mol. The number of para-hydroxylation sites is 1. The van der Waals surface area contributed by atoms with Crippen LogP contribution in [0.4, 0.5) is 16.2 Å². The zero-order valence-electron chi connectivity index (χ0n) is 14.8. The van der Waals surface area contributed by atoms with Crippen LogP contribution in [0.1, 0.15) is 19.4 Å². The third-order valence-electron chi connectivity index (χ3n) is 4.45. The molecule has 0 spiro atoms. The number of carbonyl (C=O) groups excluding carboxylic acids is 2. The highest BCUT2D eigenvalue weighted by molar-refractivity contribution is 9.10. The molecule has 0 saturated carbocycles. The summed E-state index contributed by atoms with van der Waals surface area (Å²) < 4.78 is 0.875.